The third kappa shape index (κ3) is 3.46. The topological polar surface area (TPSA) is 78.6 Å². The largest absolute Gasteiger partial charge is 0.497 e. The second-order valence-corrected chi connectivity index (χ2v) is 6.96. The normalized spacial score (nSPS) is 12.7. The van der Waals surface area contributed by atoms with E-state index in [0.29, 0.717) is 17.1 Å². The summed E-state index contributed by atoms with van der Waals surface area (Å²) in [6.07, 6.45) is 0. The van der Waals surface area contributed by atoms with Gasteiger partial charge in [0.15, 0.2) is 9.84 Å². The van der Waals surface area contributed by atoms with E-state index in [1.54, 1.807) is 18.2 Å². The summed E-state index contributed by atoms with van der Waals surface area (Å²) in [5.74, 6) is 0.382. The lowest BCUT2D eigenvalue weighted by Gasteiger charge is -2.19. The van der Waals surface area contributed by atoms with Crippen molar-refractivity contribution in [2.75, 3.05) is 20.8 Å². The molecule has 0 aliphatic heterocycles. The van der Waals surface area contributed by atoms with Crippen LogP contribution in [0, 0.1) is 5.82 Å². The minimum Gasteiger partial charge on any atom is -0.497 e. The fraction of sp³-hybridized carbons (Fsp3) is 0.250. The van der Waals surface area contributed by atoms with Gasteiger partial charge in [0, 0.05) is 12.1 Å². The van der Waals surface area contributed by atoms with Gasteiger partial charge in [-0.3, -0.25) is 0 Å². The maximum atomic E-state index is 13.0. The van der Waals surface area contributed by atoms with Crippen molar-refractivity contribution in [2.24, 2.45) is 5.73 Å². The first-order chi connectivity index (χ1) is 10.9. The van der Waals surface area contributed by atoms with E-state index in [9.17, 15) is 12.8 Å². The molecule has 0 aliphatic rings. The molecule has 0 unspecified atom stereocenters. The summed E-state index contributed by atoms with van der Waals surface area (Å²) in [7, 11) is -0.874. The first kappa shape index (κ1) is 17.2. The van der Waals surface area contributed by atoms with Crippen LogP contribution in [0.4, 0.5) is 4.39 Å². The van der Waals surface area contributed by atoms with Crippen LogP contribution >= 0.6 is 0 Å². The highest BCUT2D eigenvalue weighted by molar-refractivity contribution is 7.91. The van der Waals surface area contributed by atoms with Crippen LogP contribution in [0.2, 0.25) is 0 Å². The second-order valence-electron chi connectivity index (χ2n) is 4.83. The van der Waals surface area contributed by atoms with E-state index in [0.717, 1.165) is 12.1 Å². The molecule has 0 saturated heterocycles. The quantitative estimate of drug-likeness (QED) is 0.817. The summed E-state index contributed by atoms with van der Waals surface area (Å²) in [5.41, 5.74) is 6.13. The molecule has 0 amide bonds. The van der Waals surface area contributed by atoms with Gasteiger partial charge in [0.1, 0.15) is 22.6 Å². The highest BCUT2D eigenvalue weighted by atomic mass is 32.2. The van der Waals surface area contributed by atoms with E-state index in [2.05, 4.69) is 0 Å². The molecule has 2 N–H and O–H groups in total. The number of nitrogens with two attached hydrogens (primary N) is 1. The lowest BCUT2D eigenvalue weighted by Crippen LogP contribution is -2.23. The molecule has 0 bridgehead atoms. The number of rotatable bonds is 6. The van der Waals surface area contributed by atoms with Crippen LogP contribution in [0.15, 0.2) is 47.4 Å². The molecule has 124 valence electrons. The molecule has 7 heteroatoms. The summed E-state index contributed by atoms with van der Waals surface area (Å²) in [6.45, 7) is -0.150. The van der Waals surface area contributed by atoms with Crippen molar-refractivity contribution in [1.82, 2.24) is 0 Å². The average Bonchev–Trinajstić information content (AvgIpc) is 2.55. The number of halogens is 1. The number of sulfone groups is 1. The molecular weight excluding hydrogens is 321 g/mol. The summed E-state index contributed by atoms with van der Waals surface area (Å²) in [6, 6.07) is 9.52. The molecule has 0 aliphatic carbocycles. The van der Waals surface area contributed by atoms with Crippen LogP contribution < -0.4 is 15.2 Å². The van der Waals surface area contributed by atoms with Crippen molar-refractivity contribution >= 4 is 9.84 Å². The molecule has 2 aromatic rings. The van der Waals surface area contributed by atoms with Crippen molar-refractivity contribution in [3.05, 3.63) is 53.8 Å². The SMILES string of the molecule is COc1ccc(OC)c([C@@H](CN)S(=O)(=O)c2ccc(F)cc2)c1. The molecule has 0 heterocycles. The van der Waals surface area contributed by atoms with Gasteiger partial charge in [0.25, 0.3) is 0 Å². The zero-order valence-corrected chi connectivity index (χ0v) is 13.6. The third-order valence-corrected chi connectivity index (χ3v) is 5.64. The molecule has 0 fully saturated rings. The maximum Gasteiger partial charge on any atom is 0.186 e. The summed E-state index contributed by atoms with van der Waals surface area (Å²) in [4.78, 5) is -0.000719. The Labute approximate surface area is 134 Å². The lowest BCUT2D eigenvalue weighted by atomic mass is 10.1. The minimum absolute atomic E-state index is 0.000719. The van der Waals surface area contributed by atoms with E-state index in [1.165, 1.54) is 26.4 Å². The fourth-order valence-electron chi connectivity index (χ4n) is 2.30. The van der Waals surface area contributed by atoms with Crippen molar-refractivity contribution in [3.63, 3.8) is 0 Å². The smallest absolute Gasteiger partial charge is 0.186 e. The summed E-state index contributed by atoms with van der Waals surface area (Å²) in [5, 5.41) is -1.03. The van der Waals surface area contributed by atoms with Gasteiger partial charge in [0.2, 0.25) is 0 Å². The number of ether oxygens (including phenoxy) is 2. The van der Waals surface area contributed by atoms with Gasteiger partial charge in [-0.15, -0.1) is 0 Å². The Morgan fingerprint density at radius 3 is 2.26 bits per heavy atom. The number of hydrogen-bond acceptors (Lipinski definition) is 5. The fourth-order valence-corrected chi connectivity index (χ4v) is 3.92. The first-order valence-corrected chi connectivity index (χ1v) is 8.40. The molecule has 1 atom stereocenters. The van der Waals surface area contributed by atoms with Gasteiger partial charge >= 0.3 is 0 Å². The summed E-state index contributed by atoms with van der Waals surface area (Å²) < 4.78 is 49.1. The zero-order valence-electron chi connectivity index (χ0n) is 12.8. The Hall–Kier alpha value is -2.12. The average molecular weight is 339 g/mol. The molecular formula is C16H18FNO4S. The molecule has 0 saturated carbocycles. The van der Waals surface area contributed by atoms with Gasteiger partial charge in [-0.1, -0.05) is 0 Å². The Morgan fingerprint density at radius 1 is 1.09 bits per heavy atom. The Balaban J connectivity index is 2.56. The van der Waals surface area contributed by atoms with Crippen molar-refractivity contribution in [2.45, 2.75) is 10.1 Å². The van der Waals surface area contributed by atoms with Gasteiger partial charge in [0.05, 0.1) is 19.1 Å². The minimum atomic E-state index is -3.81. The van der Waals surface area contributed by atoms with Gasteiger partial charge in [-0.2, -0.15) is 0 Å². The Kier molecular flexibility index (Phi) is 5.23. The van der Waals surface area contributed by atoms with Crippen LogP contribution in [0.1, 0.15) is 10.8 Å². The van der Waals surface area contributed by atoms with Gasteiger partial charge in [-0.05, 0) is 42.5 Å². The predicted molar refractivity (Wildman–Crippen MR) is 84.9 cm³/mol. The second kappa shape index (κ2) is 6.97. The molecule has 23 heavy (non-hydrogen) atoms. The lowest BCUT2D eigenvalue weighted by molar-refractivity contribution is 0.398. The van der Waals surface area contributed by atoms with E-state index in [-0.39, 0.29) is 11.4 Å². The molecule has 0 spiro atoms. The van der Waals surface area contributed by atoms with E-state index >= 15 is 0 Å². The van der Waals surface area contributed by atoms with Gasteiger partial charge in [-0.25, -0.2) is 12.8 Å². The molecule has 2 rings (SSSR count). The number of methoxy groups -OCH3 is 2. The molecule has 2 aromatic carbocycles. The molecule has 5 nitrogen and oxygen atoms in total. The summed E-state index contributed by atoms with van der Waals surface area (Å²) >= 11 is 0. The maximum absolute atomic E-state index is 13.0. The Morgan fingerprint density at radius 2 is 1.74 bits per heavy atom. The van der Waals surface area contributed by atoms with Crippen LogP contribution in [0.5, 0.6) is 11.5 Å². The van der Waals surface area contributed by atoms with Crippen LogP contribution in [0.25, 0.3) is 0 Å². The molecule has 0 aromatic heterocycles. The van der Waals surface area contributed by atoms with Crippen LogP contribution in [0.3, 0.4) is 0 Å². The highest BCUT2D eigenvalue weighted by Crippen LogP contribution is 2.36. The first-order valence-electron chi connectivity index (χ1n) is 6.85. The van der Waals surface area contributed by atoms with Crippen molar-refractivity contribution in [1.29, 1.82) is 0 Å². The number of hydrogen-bond donors (Lipinski definition) is 1. The standard InChI is InChI=1S/C16H18FNO4S/c1-21-12-5-8-15(22-2)14(9-12)16(10-18)23(19,20)13-6-3-11(17)4-7-13/h3-9,16H,10,18H2,1-2H3/t16-/m1/s1. The number of benzene rings is 2. The van der Waals surface area contributed by atoms with E-state index in [4.69, 9.17) is 15.2 Å². The Bertz CT molecular complexity index is 775. The monoisotopic (exact) mass is 339 g/mol. The van der Waals surface area contributed by atoms with Crippen molar-refractivity contribution in [3.8, 4) is 11.5 Å². The van der Waals surface area contributed by atoms with E-state index in [1.807, 2.05) is 0 Å². The van der Waals surface area contributed by atoms with Crippen LogP contribution in [-0.4, -0.2) is 29.2 Å². The zero-order chi connectivity index (χ0) is 17.0. The van der Waals surface area contributed by atoms with Crippen molar-refractivity contribution < 1.29 is 22.3 Å². The third-order valence-electron chi connectivity index (χ3n) is 3.51. The van der Waals surface area contributed by atoms with Crippen LogP contribution in [-0.2, 0) is 9.84 Å². The van der Waals surface area contributed by atoms with E-state index < -0.39 is 20.9 Å². The molecule has 0 radical (unpaired) electrons. The predicted octanol–water partition coefficient (Wildman–Crippen LogP) is 2.32. The highest BCUT2D eigenvalue weighted by Gasteiger charge is 2.30. The van der Waals surface area contributed by atoms with Gasteiger partial charge < -0.3 is 15.2 Å².